The number of methoxy groups -OCH3 is 2. The second-order valence-electron chi connectivity index (χ2n) is 5.61. The van der Waals surface area contributed by atoms with Crippen molar-refractivity contribution in [1.29, 1.82) is 0 Å². The van der Waals surface area contributed by atoms with Crippen LogP contribution in [-0.2, 0) is 4.79 Å². The van der Waals surface area contributed by atoms with Crippen molar-refractivity contribution in [2.24, 2.45) is 0 Å². The maximum atomic E-state index is 12.7. The summed E-state index contributed by atoms with van der Waals surface area (Å²) >= 11 is 6.00. The van der Waals surface area contributed by atoms with E-state index in [-0.39, 0.29) is 12.1 Å². The molecule has 2 atom stereocenters. The lowest BCUT2D eigenvalue weighted by atomic mass is 10.2. The maximum absolute atomic E-state index is 12.7. The van der Waals surface area contributed by atoms with Gasteiger partial charge in [0.25, 0.3) is 0 Å². The Hall–Kier alpha value is -2.52. The van der Waals surface area contributed by atoms with Gasteiger partial charge in [0.05, 0.1) is 14.2 Å². The van der Waals surface area contributed by atoms with Gasteiger partial charge in [-0.05, 0) is 18.2 Å². The van der Waals surface area contributed by atoms with Gasteiger partial charge >= 0.3 is 0 Å². The van der Waals surface area contributed by atoms with Crippen molar-refractivity contribution in [3.8, 4) is 11.5 Å². The number of halogens is 1. The molecular formula is C17H20ClN5O3. The van der Waals surface area contributed by atoms with E-state index in [1.165, 1.54) is 0 Å². The Kier molecular flexibility index (Phi) is 5.79. The minimum atomic E-state index is -0.578. The summed E-state index contributed by atoms with van der Waals surface area (Å²) in [5.74, 6) is 0.935. The van der Waals surface area contributed by atoms with E-state index < -0.39 is 6.04 Å². The second kappa shape index (κ2) is 8.24. The van der Waals surface area contributed by atoms with Crippen LogP contribution in [0.15, 0.2) is 42.5 Å². The monoisotopic (exact) mass is 377 g/mol. The van der Waals surface area contributed by atoms with Crippen LogP contribution in [-0.4, -0.2) is 32.3 Å². The molecule has 0 saturated carbocycles. The van der Waals surface area contributed by atoms with Crippen LogP contribution in [0.3, 0.4) is 0 Å². The van der Waals surface area contributed by atoms with E-state index >= 15 is 0 Å². The van der Waals surface area contributed by atoms with Crippen LogP contribution in [0, 0.1) is 0 Å². The van der Waals surface area contributed by atoms with Gasteiger partial charge in [0.15, 0.2) is 0 Å². The first kappa shape index (κ1) is 18.3. The van der Waals surface area contributed by atoms with Gasteiger partial charge in [-0.2, -0.15) is 5.53 Å². The Bertz CT molecular complexity index is 766. The number of hydrogen-bond donors (Lipinski definition) is 5. The molecule has 1 aliphatic rings. The second-order valence-corrected chi connectivity index (χ2v) is 6.05. The Labute approximate surface area is 156 Å². The van der Waals surface area contributed by atoms with Gasteiger partial charge in [-0.15, -0.1) is 0 Å². The van der Waals surface area contributed by atoms with Crippen molar-refractivity contribution in [2.45, 2.75) is 12.2 Å². The van der Waals surface area contributed by atoms with Gasteiger partial charge < -0.3 is 20.1 Å². The molecular weight excluding hydrogens is 358 g/mol. The molecule has 1 heterocycles. The Morgan fingerprint density at radius 1 is 1.04 bits per heavy atom. The third kappa shape index (κ3) is 4.36. The van der Waals surface area contributed by atoms with Crippen LogP contribution in [0.25, 0.3) is 0 Å². The van der Waals surface area contributed by atoms with E-state index in [2.05, 4.69) is 27.0 Å². The molecule has 9 heteroatoms. The lowest BCUT2D eigenvalue weighted by molar-refractivity contribution is -0.118. The minimum absolute atomic E-state index is 0.239. The molecule has 1 aliphatic heterocycles. The third-order valence-electron chi connectivity index (χ3n) is 3.84. The first-order valence-electron chi connectivity index (χ1n) is 7.91. The average molecular weight is 378 g/mol. The molecule has 1 saturated heterocycles. The molecule has 26 heavy (non-hydrogen) atoms. The number of ether oxygens (including phenoxy) is 2. The lowest BCUT2D eigenvalue weighted by Gasteiger charge is -2.20. The maximum Gasteiger partial charge on any atom is 0.246 e. The van der Waals surface area contributed by atoms with Gasteiger partial charge in [0.1, 0.15) is 23.7 Å². The Balaban J connectivity index is 1.70. The SMILES string of the molecule is COc1cc(NC(=O)C2NNNC2Nc2cccc(Cl)c2)cc(OC)c1. The largest absolute Gasteiger partial charge is 0.497 e. The van der Waals surface area contributed by atoms with E-state index in [1.807, 2.05) is 12.1 Å². The van der Waals surface area contributed by atoms with Crippen molar-refractivity contribution < 1.29 is 14.3 Å². The van der Waals surface area contributed by atoms with Crippen LogP contribution >= 0.6 is 11.6 Å². The summed E-state index contributed by atoms with van der Waals surface area (Å²) in [5, 5.41) is 6.68. The highest BCUT2D eigenvalue weighted by Gasteiger charge is 2.33. The van der Waals surface area contributed by atoms with E-state index in [9.17, 15) is 4.79 Å². The summed E-state index contributed by atoms with van der Waals surface area (Å²) in [6.45, 7) is 0. The molecule has 0 bridgehead atoms. The van der Waals surface area contributed by atoms with Crippen LogP contribution in [0.2, 0.25) is 5.02 Å². The van der Waals surface area contributed by atoms with Crippen LogP contribution in [0.5, 0.6) is 11.5 Å². The van der Waals surface area contributed by atoms with E-state index in [0.29, 0.717) is 22.2 Å². The summed E-state index contributed by atoms with van der Waals surface area (Å²) in [6, 6.07) is 11.9. The molecule has 0 radical (unpaired) electrons. The highest BCUT2D eigenvalue weighted by atomic mass is 35.5. The fourth-order valence-electron chi connectivity index (χ4n) is 2.56. The number of carbonyl (C=O) groups is 1. The summed E-state index contributed by atoms with van der Waals surface area (Å²) in [5.41, 5.74) is 9.98. The predicted molar refractivity (Wildman–Crippen MR) is 100 cm³/mol. The van der Waals surface area contributed by atoms with E-state index in [4.69, 9.17) is 21.1 Å². The van der Waals surface area contributed by atoms with E-state index in [0.717, 1.165) is 5.69 Å². The van der Waals surface area contributed by atoms with Gasteiger partial charge in [-0.3, -0.25) is 4.79 Å². The summed E-state index contributed by atoms with van der Waals surface area (Å²) in [6.07, 6.45) is -0.388. The summed E-state index contributed by atoms with van der Waals surface area (Å²) in [7, 11) is 3.11. The third-order valence-corrected chi connectivity index (χ3v) is 4.07. The Morgan fingerprint density at radius 2 is 1.77 bits per heavy atom. The zero-order valence-corrected chi connectivity index (χ0v) is 15.1. The topological polar surface area (TPSA) is 95.7 Å². The molecule has 3 rings (SSSR count). The highest BCUT2D eigenvalue weighted by Crippen LogP contribution is 2.26. The summed E-state index contributed by atoms with van der Waals surface area (Å²) in [4.78, 5) is 12.7. The number of amides is 1. The predicted octanol–water partition coefficient (Wildman–Crippen LogP) is 1.71. The first-order valence-corrected chi connectivity index (χ1v) is 8.29. The van der Waals surface area contributed by atoms with Gasteiger partial charge in [0.2, 0.25) is 5.91 Å². The molecule has 2 aromatic carbocycles. The van der Waals surface area contributed by atoms with Gasteiger partial charge in [-0.1, -0.05) is 17.7 Å². The molecule has 1 fully saturated rings. The van der Waals surface area contributed by atoms with Gasteiger partial charge in [0, 0.05) is 34.6 Å². The molecule has 0 aromatic heterocycles. The number of hydrazine groups is 2. The zero-order chi connectivity index (χ0) is 18.5. The van der Waals surface area contributed by atoms with Crippen molar-refractivity contribution in [3.63, 3.8) is 0 Å². The molecule has 5 N–H and O–H groups in total. The quantitative estimate of drug-likeness (QED) is 0.523. The molecule has 1 amide bonds. The first-order chi connectivity index (χ1) is 12.6. The number of rotatable bonds is 6. The zero-order valence-electron chi connectivity index (χ0n) is 14.3. The average Bonchev–Trinajstić information content (AvgIpc) is 3.09. The smallest absolute Gasteiger partial charge is 0.246 e. The van der Waals surface area contributed by atoms with Crippen molar-refractivity contribution >= 4 is 28.9 Å². The molecule has 0 spiro atoms. The number of nitrogens with one attached hydrogen (secondary N) is 5. The normalized spacial score (nSPS) is 19.0. The number of hydrogen-bond acceptors (Lipinski definition) is 7. The highest BCUT2D eigenvalue weighted by molar-refractivity contribution is 6.30. The van der Waals surface area contributed by atoms with Crippen molar-refractivity contribution in [3.05, 3.63) is 47.5 Å². The number of benzene rings is 2. The Morgan fingerprint density at radius 3 is 2.42 bits per heavy atom. The molecule has 0 aliphatic carbocycles. The fraction of sp³-hybridized carbons (Fsp3) is 0.235. The minimum Gasteiger partial charge on any atom is -0.497 e. The van der Waals surface area contributed by atoms with Crippen LogP contribution in [0.4, 0.5) is 11.4 Å². The van der Waals surface area contributed by atoms with Crippen LogP contribution < -0.4 is 36.5 Å². The molecule has 138 valence electrons. The molecule has 8 nitrogen and oxygen atoms in total. The van der Waals surface area contributed by atoms with Crippen molar-refractivity contribution in [2.75, 3.05) is 24.9 Å². The number of carbonyl (C=O) groups excluding carboxylic acids is 1. The molecule has 2 aromatic rings. The summed E-state index contributed by atoms with van der Waals surface area (Å²) < 4.78 is 10.4. The van der Waals surface area contributed by atoms with E-state index in [1.54, 1.807) is 44.6 Å². The number of anilines is 2. The van der Waals surface area contributed by atoms with Crippen molar-refractivity contribution in [1.82, 2.24) is 16.4 Å². The molecule has 2 unspecified atom stereocenters. The van der Waals surface area contributed by atoms with Crippen LogP contribution in [0.1, 0.15) is 0 Å². The fourth-order valence-corrected chi connectivity index (χ4v) is 2.75. The lowest BCUT2D eigenvalue weighted by Crippen LogP contribution is -2.47. The standard InChI is InChI=1S/C17H20ClN5O3/c1-25-13-7-12(8-14(9-13)26-2)20-17(24)15-16(22-23-21-15)19-11-5-3-4-10(18)6-11/h3-9,15-16,19,21-23H,1-2H3,(H,20,24). The van der Waals surface area contributed by atoms with Gasteiger partial charge in [-0.25, -0.2) is 10.9 Å².